The van der Waals surface area contributed by atoms with Gasteiger partial charge in [0.2, 0.25) is 0 Å². The number of aryl methyl sites for hydroxylation is 1. The van der Waals surface area contributed by atoms with Crippen LogP contribution in [-0.4, -0.2) is 48.4 Å². The number of hydrogen-bond donors (Lipinski definition) is 1. The van der Waals surface area contributed by atoms with Crippen molar-refractivity contribution in [1.82, 2.24) is 15.1 Å². The number of benzene rings is 1. The molecule has 2 aliphatic heterocycles. The molecule has 0 saturated carbocycles. The Hall–Kier alpha value is -2.11. The van der Waals surface area contributed by atoms with Crippen molar-refractivity contribution in [3.05, 3.63) is 58.5 Å². The number of carbonyl (C=O) groups is 1. The molecule has 156 valence electrons. The van der Waals surface area contributed by atoms with Crippen molar-refractivity contribution in [3.63, 3.8) is 0 Å². The van der Waals surface area contributed by atoms with E-state index in [2.05, 4.69) is 39.4 Å². The van der Waals surface area contributed by atoms with E-state index in [0.29, 0.717) is 0 Å². The second kappa shape index (κ2) is 9.59. The Morgan fingerprint density at radius 3 is 2.66 bits per heavy atom. The lowest BCUT2D eigenvalue weighted by Crippen LogP contribution is -2.34. The largest absolute Gasteiger partial charge is 0.465 e. The van der Waals surface area contributed by atoms with E-state index in [4.69, 9.17) is 4.42 Å². The summed E-state index contributed by atoms with van der Waals surface area (Å²) >= 11 is 0. The number of nitrogens with zero attached hydrogens (tertiary/aromatic N) is 2. The van der Waals surface area contributed by atoms with Crippen LogP contribution in [0.15, 0.2) is 34.7 Å². The van der Waals surface area contributed by atoms with Gasteiger partial charge in [-0.05, 0) is 51.4 Å². The van der Waals surface area contributed by atoms with Crippen LogP contribution in [-0.2, 0) is 19.5 Å². The average Bonchev–Trinajstić information content (AvgIpc) is 3.08. The number of furan rings is 1. The van der Waals surface area contributed by atoms with E-state index in [9.17, 15) is 4.79 Å². The molecule has 0 radical (unpaired) electrons. The summed E-state index contributed by atoms with van der Waals surface area (Å²) in [6.45, 7) is 8.78. The van der Waals surface area contributed by atoms with Gasteiger partial charge in [0.15, 0.2) is 0 Å². The van der Waals surface area contributed by atoms with Crippen molar-refractivity contribution in [2.45, 2.75) is 52.1 Å². The van der Waals surface area contributed by atoms with Gasteiger partial charge in [-0.3, -0.25) is 9.69 Å². The van der Waals surface area contributed by atoms with Gasteiger partial charge in [0.25, 0.3) is 5.91 Å². The molecule has 0 unspecified atom stereocenters. The van der Waals surface area contributed by atoms with Crippen molar-refractivity contribution >= 4 is 5.91 Å². The Balaban J connectivity index is 1.33. The number of amides is 1. The van der Waals surface area contributed by atoms with Crippen LogP contribution in [0.2, 0.25) is 0 Å². The second-order valence-electron chi connectivity index (χ2n) is 8.39. The van der Waals surface area contributed by atoms with Gasteiger partial charge in [-0.2, -0.15) is 0 Å². The molecule has 2 aromatic rings. The quantitative estimate of drug-likeness (QED) is 0.726. The number of piperidine rings is 1. The zero-order valence-corrected chi connectivity index (χ0v) is 17.6. The maximum absolute atomic E-state index is 12.9. The topological polar surface area (TPSA) is 48.7 Å². The first-order valence-electron chi connectivity index (χ1n) is 11.1. The first kappa shape index (κ1) is 20.2. The average molecular weight is 396 g/mol. The molecule has 1 amide bonds. The number of rotatable bonds is 7. The lowest BCUT2D eigenvalue weighted by Gasteiger charge is -2.27. The lowest BCUT2D eigenvalue weighted by atomic mass is 10.0. The third kappa shape index (κ3) is 5.09. The molecule has 1 N–H and O–H groups in total. The van der Waals surface area contributed by atoms with Crippen molar-refractivity contribution in [2.24, 2.45) is 0 Å². The van der Waals surface area contributed by atoms with Crippen molar-refractivity contribution in [3.8, 4) is 0 Å². The number of fused-ring (bicyclic) bond motifs is 1. The van der Waals surface area contributed by atoms with E-state index in [1.165, 1.54) is 37.9 Å². The summed E-state index contributed by atoms with van der Waals surface area (Å²) < 4.78 is 5.96. The minimum absolute atomic E-state index is 0.0210. The Morgan fingerprint density at radius 1 is 1.07 bits per heavy atom. The van der Waals surface area contributed by atoms with Gasteiger partial charge < -0.3 is 14.6 Å². The summed E-state index contributed by atoms with van der Waals surface area (Å²) in [5.74, 6) is 1.77. The van der Waals surface area contributed by atoms with E-state index in [1.54, 1.807) is 0 Å². The molecule has 3 heterocycles. The molecule has 2 aliphatic rings. The van der Waals surface area contributed by atoms with E-state index < -0.39 is 0 Å². The van der Waals surface area contributed by atoms with Crippen molar-refractivity contribution in [1.29, 1.82) is 0 Å². The minimum Gasteiger partial charge on any atom is -0.465 e. The first-order valence-corrected chi connectivity index (χ1v) is 11.1. The highest BCUT2D eigenvalue weighted by atomic mass is 16.3. The molecule has 0 bridgehead atoms. The highest BCUT2D eigenvalue weighted by molar-refractivity contribution is 5.97. The van der Waals surface area contributed by atoms with E-state index in [0.717, 1.165) is 68.2 Å². The molecule has 0 atom stereocenters. The standard InChI is InChI=1S/C24H33N3O2/c1-19-23(24(28)25-12-8-15-26-13-6-3-7-14-26)21-18-27(16-11-22(21)29-19)17-20-9-4-2-5-10-20/h2,4-5,9-10H,3,6-8,11-18H2,1H3,(H,25,28). The fraction of sp³-hybridized carbons (Fsp3) is 0.542. The van der Waals surface area contributed by atoms with Gasteiger partial charge in [0.1, 0.15) is 11.5 Å². The van der Waals surface area contributed by atoms with Gasteiger partial charge in [-0.15, -0.1) is 0 Å². The Bertz CT molecular complexity index is 809. The first-order chi connectivity index (χ1) is 14.2. The molecule has 5 nitrogen and oxygen atoms in total. The van der Waals surface area contributed by atoms with E-state index >= 15 is 0 Å². The molecule has 29 heavy (non-hydrogen) atoms. The van der Waals surface area contributed by atoms with Gasteiger partial charge in [-0.25, -0.2) is 0 Å². The monoisotopic (exact) mass is 395 g/mol. The molecule has 0 spiro atoms. The maximum atomic E-state index is 12.9. The van der Waals surface area contributed by atoms with E-state index in [-0.39, 0.29) is 5.91 Å². The molecule has 5 heteroatoms. The second-order valence-corrected chi connectivity index (χ2v) is 8.39. The predicted octanol–water partition coefficient (Wildman–Crippen LogP) is 3.75. The molecule has 0 aliphatic carbocycles. The third-order valence-electron chi connectivity index (χ3n) is 6.16. The molecular weight excluding hydrogens is 362 g/mol. The summed E-state index contributed by atoms with van der Waals surface area (Å²) in [6, 6.07) is 10.5. The summed E-state index contributed by atoms with van der Waals surface area (Å²) in [4.78, 5) is 17.8. The number of nitrogens with one attached hydrogen (secondary N) is 1. The molecule has 1 aromatic carbocycles. The fourth-order valence-electron chi connectivity index (χ4n) is 4.63. The number of carbonyl (C=O) groups excluding carboxylic acids is 1. The van der Waals surface area contributed by atoms with Gasteiger partial charge in [-0.1, -0.05) is 36.8 Å². The minimum atomic E-state index is 0.0210. The Labute approximate surface area is 174 Å². The summed E-state index contributed by atoms with van der Waals surface area (Å²) in [5.41, 5.74) is 3.15. The van der Waals surface area contributed by atoms with Crippen LogP contribution in [0.5, 0.6) is 0 Å². The Morgan fingerprint density at radius 2 is 1.86 bits per heavy atom. The van der Waals surface area contributed by atoms with Crippen LogP contribution in [0.3, 0.4) is 0 Å². The van der Waals surface area contributed by atoms with Crippen LogP contribution in [0.1, 0.15) is 58.7 Å². The van der Waals surface area contributed by atoms with Gasteiger partial charge in [0, 0.05) is 38.2 Å². The van der Waals surface area contributed by atoms with Gasteiger partial charge >= 0.3 is 0 Å². The summed E-state index contributed by atoms with van der Waals surface area (Å²) in [5, 5.41) is 3.14. The fourth-order valence-corrected chi connectivity index (χ4v) is 4.63. The lowest BCUT2D eigenvalue weighted by molar-refractivity contribution is 0.0947. The normalized spacial score (nSPS) is 17.8. The van der Waals surface area contributed by atoms with Crippen molar-refractivity contribution < 1.29 is 9.21 Å². The number of likely N-dealkylation sites (tertiary alicyclic amines) is 1. The maximum Gasteiger partial charge on any atom is 0.255 e. The zero-order valence-electron chi connectivity index (χ0n) is 17.6. The molecule has 1 fully saturated rings. The SMILES string of the molecule is Cc1oc2c(c1C(=O)NCCCN1CCCCC1)CN(Cc1ccccc1)CC2. The predicted molar refractivity (Wildman–Crippen MR) is 115 cm³/mol. The van der Waals surface area contributed by atoms with Crippen molar-refractivity contribution in [2.75, 3.05) is 32.7 Å². The van der Waals surface area contributed by atoms with Crippen LogP contribution in [0, 0.1) is 6.92 Å². The molecular formula is C24H33N3O2. The molecule has 1 aromatic heterocycles. The Kier molecular flexibility index (Phi) is 6.67. The van der Waals surface area contributed by atoms with Gasteiger partial charge in [0.05, 0.1) is 5.56 Å². The highest BCUT2D eigenvalue weighted by Crippen LogP contribution is 2.29. The highest BCUT2D eigenvalue weighted by Gasteiger charge is 2.28. The van der Waals surface area contributed by atoms with E-state index in [1.807, 2.05) is 13.0 Å². The summed E-state index contributed by atoms with van der Waals surface area (Å²) in [7, 11) is 0. The third-order valence-corrected chi connectivity index (χ3v) is 6.16. The zero-order chi connectivity index (χ0) is 20.1. The van der Waals surface area contributed by atoms with Crippen LogP contribution >= 0.6 is 0 Å². The van der Waals surface area contributed by atoms with Crippen LogP contribution in [0.4, 0.5) is 0 Å². The molecule has 4 rings (SSSR count). The van der Waals surface area contributed by atoms with Crippen LogP contribution in [0.25, 0.3) is 0 Å². The smallest absolute Gasteiger partial charge is 0.255 e. The summed E-state index contributed by atoms with van der Waals surface area (Å²) in [6.07, 6.45) is 5.86. The number of hydrogen-bond acceptors (Lipinski definition) is 4. The van der Waals surface area contributed by atoms with Crippen LogP contribution < -0.4 is 5.32 Å². The molecule has 1 saturated heterocycles.